The Kier molecular flexibility index (Phi) is 5.41. The van der Waals surface area contributed by atoms with Gasteiger partial charge in [-0.15, -0.1) is 11.3 Å². The molecule has 2 amide bonds. The van der Waals surface area contributed by atoms with Crippen LogP contribution in [-0.2, 0) is 11.3 Å². The van der Waals surface area contributed by atoms with Crippen LogP contribution in [0, 0.1) is 0 Å². The van der Waals surface area contributed by atoms with E-state index in [2.05, 4.69) is 15.6 Å². The maximum absolute atomic E-state index is 11.4. The normalized spacial score (nSPS) is 11.8. The van der Waals surface area contributed by atoms with Gasteiger partial charge >= 0.3 is 12.0 Å². The summed E-state index contributed by atoms with van der Waals surface area (Å²) in [5.41, 5.74) is 2.51. The van der Waals surface area contributed by atoms with Crippen molar-refractivity contribution in [3.05, 3.63) is 16.6 Å². The molecule has 6 nitrogen and oxygen atoms in total. The van der Waals surface area contributed by atoms with E-state index in [0.29, 0.717) is 13.0 Å². The largest absolute Gasteiger partial charge is 0.481 e. The summed E-state index contributed by atoms with van der Waals surface area (Å²) in [6, 6.07) is -0.475. The lowest BCUT2D eigenvalue weighted by atomic mass is 10.2. The van der Waals surface area contributed by atoms with Gasteiger partial charge in [0.15, 0.2) is 0 Å². The van der Waals surface area contributed by atoms with Crippen LogP contribution in [0.3, 0.4) is 0 Å². The van der Waals surface area contributed by atoms with Gasteiger partial charge in [-0.3, -0.25) is 4.79 Å². The first-order chi connectivity index (χ1) is 8.08. The van der Waals surface area contributed by atoms with Crippen molar-refractivity contribution in [3.63, 3.8) is 0 Å². The first kappa shape index (κ1) is 13.4. The molecule has 0 aliphatic carbocycles. The Morgan fingerprint density at radius 3 is 2.94 bits per heavy atom. The summed E-state index contributed by atoms with van der Waals surface area (Å²) < 4.78 is 0. The fraction of sp³-hybridized carbons (Fsp3) is 0.500. The number of aromatic nitrogens is 1. The summed E-state index contributed by atoms with van der Waals surface area (Å²) in [7, 11) is 0. The van der Waals surface area contributed by atoms with Gasteiger partial charge in [0.1, 0.15) is 0 Å². The van der Waals surface area contributed by atoms with E-state index in [0.717, 1.165) is 5.69 Å². The average Bonchev–Trinajstić information content (AvgIpc) is 2.76. The van der Waals surface area contributed by atoms with Gasteiger partial charge < -0.3 is 15.7 Å². The smallest absolute Gasteiger partial charge is 0.315 e. The van der Waals surface area contributed by atoms with Crippen molar-refractivity contribution in [3.8, 4) is 0 Å². The van der Waals surface area contributed by atoms with E-state index in [1.54, 1.807) is 12.4 Å². The summed E-state index contributed by atoms with van der Waals surface area (Å²) in [4.78, 5) is 25.8. The summed E-state index contributed by atoms with van der Waals surface area (Å²) in [5, 5.41) is 15.7. The molecule has 1 aromatic rings. The third-order valence-corrected chi connectivity index (χ3v) is 2.72. The van der Waals surface area contributed by atoms with Gasteiger partial charge in [0.25, 0.3) is 0 Å². The van der Waals surface area contributed by atoms with Crippen LogP contribution in [0.5, 0.6) is 0 Å². The van der Waals surface area contributed by atoms with E-state index >= 15 is 0 Å². The van der Waals surface area contributed by atoms with E-state index in [1.807, 2.05) is 5.38 Å². The van der Waals surface area contributed by atoms with Gasteiger partial charge in [-0.05, 0) is 13.3 Å². The molecule has 1 heterocycles. The zero-order valence-electron chi connectivity index (χ0n) is 9.47. The molecule has 0 aliphatic rings. The minimum atomic E-state index is -0.860. The molecule has 1 aromatic heterocycles. The number of aliphatic carboxylic acids is 1. The molecule has 0 aromatic carbocycles. The van der Waals surface area contributed by atoms with Gasteiger partial charge in [0.05, 0.1) is 17.7 Å². The lowest BCUT2D eigenvalue weighted by Crippen LogP contribution is -2.40. The van der Waals surface area contributed by atoms with Gasteiger partial charge in [-0.25, -0.2) is 9.78 Å². The van der Waals surface area contributed by atoms with Crippen LogP contribution in [0.1, 0.15) is 25.5 Å². The molecule has 0 fully saturated rings. The van der Waals surface area contributed by atoms with Crippen molar-refractivity contribution < 1.29 is 14.7 Å². The summed E-state index contributed by atoms with van der Waals surface area (Å²) in [5.74, 6) is -0.860. The third-order valence-electron chi connectivity index (χ3n) is 2.08. The first-order valence-electron chi connectivity index (χ1n) is 5.21. The number of thiazole rings is 1. The molecule has 94 valence electrons. The summed E-state index contributed by atoms with van der Waals surface area (Å²) >= 11 is 1.47. The van der Waals surface area contributed by atoms with Crippen LogP contribution < -0.4 is 10.6 Å². The Labute approximate surface area is 103 Å². The van der Waals surface area contributed by atoms with Crippen molar-refractivity contribution >= 4 is 23.3 Å². The lowest BCUT2D eigenvalue weighted by Gasteiger charge is -2.13. The zero-order chi connectivity index (χ0) is 12.7. The van der Waals surface area contributed by atoms with Crippen LogP contribution in [0.25, 0.3) is 0 Å². The van der Waals surface area contributed by atoms with E-state index in [-0.39, 0.29) is 18.5 Å². The molecule has 0 spiro atoms. The van der Waals surface area contributed by atoms with Crippen LogP contribution in [0.4, 0.5) is 4.79 Å². The number of hydrogen-bond donors (Lipinski definition) is 3. The maximum Gasteiger partial charge on any atom is 0.315 e. The van der Waals surface area contributed by atoms with Crippen LogP contribution >= 0.6 is 11.3 Å². The van der Waals surface area contributed by atoms with Crippen molar-refractivity contribution in [2.75, 3.05) is 0 Å². The molecule has 7 heteroatoms. The molecule has 3 N–H and O–H groups in total. The summed E-state index contributed by atoms with van der Waals surface area (Å²) in [6.07, 6.45) is 0.465. The molecule has 0 saturated heterocycles. The number of hydrogen-bond acceptors (Lipinski definition) is 4. The average molecular weight is 257 g/mol. The lowest BCUT2D eigenvalue weighted by molar-refractivity contribution is -0.137. The Morgan fingerprint density at radius 1 is 1.59 bits per heavy atom. The molecular formula is C10H15N3O3S. The fourth-order valence-electron chi connectivity index (χ4n) is 1.18. The standard InChI is InChI=1S/C10H15N3O3S/c1-7(2-3-9(14)15)13-10(16)11-4-8-5-17-6-12-8/h5-7H,2-4H2,1H3,(H,14,15)(H2,11,13,16). The second-order valence-corrected chi connectivity index (χ2v) is 4.36. The zero-order valence-corrected chi connectivity index (χ0v) is 10.3. The van der Waals surface area contributed by atoms with Crippen molar-refractivity contribution in [1.82, 2.24) is 15.6 Å². The highest BCUT2D eigenvalue weighted by Crippen LogP contribution is 2.00. The molecule has 17 heavy (non-hydrogen) atoms. The topological polar surface area (TPSA) is 91.3 Å². The Bertz CT molecular complexity index is 367. The molecule has 0 radical (unpaired) electrons. The van der Waals surface area contributed by atoms with Crippen LogP contribution in [0.2, 0.25) is 0 Å². The highest BCUT2D eigenvalue weighted by Gasteiger charge is 2.08. The van der Waals surface area contributed by atoms with Gasteiger partial charge in [-0.2, -0.15) is 0 Å². The number of amides is 2. The highest BCUT2D eigenvalue weighted by molar-refractivity contribution is 7.07. The van der Waals surface area contributed by atoms with Gasteiger partial charge in [0, 0.05) is 17.8 Å². The van der Waals surface area contributed by atoms with Crippen molar-refractivity contribution in [1.29, 1.82) is 0 Å². The first-order valence-corrected chi connectivity index (χ1v) is 6.15. The van der Waals surface area contributed by atoms with Crippen molar-refractivity contribution in [2.24, 2.45) is 0 Å². The molecule has 0 saturated carbocycles. The predicted octanol–water partition coefficient (Wildman–Crippen LogP) is 1.20. The fourth-order valence-corrected chi connectivity index (χ4v) is 1.74. The number of rotatable bonds is 6. The number of carbonyl (C=O) groups is 2. The number of urea groups is 1. The molecule has 1 atom stereocenters. The van der Waals surface area contributed by atoms with Gasteiger partial charge in [-0.1, -0.05) is 0 Å². The Hall–Kier alpha value is -1.63. The molecule has 0 aliphatic heterocycles. The van der Waals surface area contributed by atoms with E-state index in [1.165, 1.54) is 11.3 Å². The maximum atomic E-state index is 11.4. The molecule has 1 rings (SSSR count). The number of carbonyl (C=O) groups excluding carboxylic acids is 1. The molecular weight excluding hydrogens is 242 g/mol. The Morgan fingerprint density at radius 2 is 2.35 bits per heavy atom. The van der Waals surface area contributed by atoms with Crippen LogP contribution in [-0.4, -0.2) is 28.1 Å². The number of carboxylic acids is 1. The number of nitrogens with one attached hydrogen (secondary N) is 2. The minimum absolute atomic E-state index is 0.0491. The number of carboxylic acid groups (broad SMARTS) is 1. The van der Waals surface area contributed by atoms with Crippen LogP contribution in [0.15, 0.2) is 10.9 Å². The second-order valence-electron chi connectivity index (χ2n) is 3.64. The number of nitrogens with zero attached hydrogens (tertiary/aromatic N) is 1. The minimum Gasteiger partial charge on any atom is -0.481 e. The van der Waals surface area contributed by atoms with E-state index in [4.69, 9.17) is 5.11 Å². The molecule has 1 unspecified atom stereocenters. The second kappa shape index (κ2) is 6.85. The Balaban J connectivity index is 2.18. The van der Waals surface area contributed by atoms with Crippen molar-refractivity contribution in [2.45, 2.75) is 32.4 Å². The predicted molar refractivity (Wildman–Crippen MR) is 63.8 cm³/mol. The van der Waals surface area contributed by atoms with E-state index in [9.17, 15) is 9.59 Å². The quantitative estimate of drug-likeness (QED) is 0.714. The molecule has 0 bridgehead atoms. The third kappa shape index (κ3) is 5.86. The van der Waals surface area contributed by atoms with E-state index < -0.39 is 5.97 Å². The van der Waals surface area contributed by atoms with Gasteiger partial charge in [0.2, 0.25) is 0 Å². The highest BCUT2D eigenvalue weighted by atomic mass is 32.1. The monoisotopic (exact) mass is 257 g/mol. The summed E-state index contributed by atoms with van der Waals surface area (Å²) in [6.45, 7) is 2.15. The SMILES string of the molecule is CC(CCC(=O)O)NC(=O)NCc1cscn1.